The third kappa shape index (κ3) is 1.86. The van der Waals surface area contributed by atoms with Crippen LogP contribution in [0.25, 0.3) is 10.8 Å². The van der Waals surface area contributed by atoms with Crippen LogP contribution in [-0.2, 0) is 4.57 Å². The molecule has 0 radical (unpaired) electrons. The number of rotatable bonds is 2. The Hall–Kier alpha value is -1.97. The Balaban J connectivity index is 2.95. The number of aromatic carboxylic acids is 1. The number of carboxylic acid groups (broad SMARTS) is 1. The van der Waals surface area contributed by atoms with Gasteiger partial charge in [0.2, 0.25) is 5.30 Å². The van der Waals surface area contributed by atoms with Gasteiger partial charge < -0.3 is 15.1 Å². The van der Waals surface area contributed by atoms with E-state index in [4.69, 9.17) is 5.11 Å². The van der Waals surface area contributed by atoms with Crippen molar-refractivity contribution in [2.24, 2.45) is 0 Å². The Morgan fingerprint density at radius 2 is 1.94 bits per heavy atom. The molecular formula is C11H7O5P. The first-order valence-corrected chi connectivity index (χ1v) is 5.82. The lowest BCUT2D eigenvalue weighted by atomic mass is 10.0. The van der Waals surface area contributed by atoms with E-state index < -0.39 is 25.3 Å². The van der Waals surface area contributed by atoms with E-state index in [1.54, 1.807) is 18.2 Å². The number of benzene rings is 2. The van der Waals surface area contributed by atoms with Crippen molar-refractivity contribution in [1.82, 2.24) is 0 Å². The maximum absolute atomic E-state index is 11.1. The molecule has 5 nitrogen and oxygen atoms in total. The van der Waals surface area contributed by atoms with Crippen LogP contribution in [0.5, 0.6) is 5.75 Å². The third-order valence-electron chi connectivity index (χ3n) is 2.41. The molecule has 2 rings (SSSR count). The Kier molecular flexibility index (Phi) is 2.79. The van der Waals surface area contributed by atoms with Crippen LogP contribution in [0.1, 0.15) is 10.4 Å². The molecule has 2 N–H and O–H groups in total. The van der Waals surface area contributed by atoms with E-state index in [0.717, 1.165) is 0 Å². The highest BCUT2D eigenvalue weighted by atomic mass is 31.1. The van der Waals surface area contributed by atoms with Crippen molar-refractivity contribution in [1.29, 1.82) is 0 Å². The molecule has 0 saturated heterocycles. The van der Waals surface area contributed by atoms with Crippen molar-refractivity contribution < 1.29 is 24.5 Å². The Morgan fingerprint density at radius 3 is 2.53 bits per heavy atom. The molecule has 1 unspecified atom stereocenters. The molecular weight excluding hydrogens is 243 g/mol. The molecule has 0 fully saturated rings. The highest BCUT2D eigenvalue weighted by molar-refractivity contribution is 7.46. The van der Waals surface area contributed by atoms with E-state index in [2.05, 4.69) is 0 Å². The highest BCUT2D eigenvalue weighted by Crippen LogP contribution is 2.30. The maximum atomic E-state index is 11.1. The van der Waals surface area contributed by atoms with Gasteiger partial charge in [0.15, 0.2) is 5.75 Å². The molecule has 0 spiro atoms. The second kappa shape index (κ2) is 4.13. The van der Waals surface area contributed by atoms with Crippen molar-refractivity contribution in [3.63, 3.8) is 0 Å². The third-order valence-corrected chi connectivity index (χ3v) is 3.15. The second-order valence-electron chi connectivity index (χ2n) is 3.40. The summed E-state index contributed by atoms with van der Waals surface area (Å²) >= 11 is 0. The molecule has 0 aliphatic heterocycles. The van der Waals surface area contributed by atoms with Crippen LogP contribution >= 0.6 is 8.03 Å². The quantitative estimate of drug-likeness (QED) is 0.774. The zero-order valence-corrected chi connectivity index (χ0v) is 9.35. The van der Waals surface area contributed by atoms with E-state index in [1.807, 2.05) is 0 Å². The van der Waals surface area contributed by atoms with Crippen LogP contribution in [-0.4, -0.2) is 16.2 Å². The van der Waals surface area contributed by atoms with Gasteiger partial charge in [0.25, 0.3) is 0 Å². The van der Waals surface area contributed by atoms with Crippen molar-refractivity contribution in [3.05, 3.63) is 35.9 Å². The first-order valence-electron chi connectivity index (χ1n) is 4.64. The van der Waals surface area contributed by atoms with Gasteiger partial charge in [-0.2, -0.15) is 0 Å². The minimum Gasteiger partial charge on any atom is -0.591 e. The Morgan fingerprint density at radius 1 is 1.29 bits per heavy atom. The zero-order valence-electron chi connectivity index (χ0n) is 8.45. The smallest absolute Gasteiger partial charge is 0.352 e. The fourth-order valence-electron chi connectivity index (χ4n) is 1.68. The summed E-state index contributed by atoms with van der Waals surface area (Å²) in [4.78, 5) is 22.0. The number of hydrogen-bond donors (Lipinski definition) is 2. The summed E-state index contributed by atoms with van der Waals surface area (Å²) in [6, 6.07) is 7.63. The SMILES string of the molecule is O=C(O)c1c(O)c([P+](=O)[O-])cc2ccccc12. The second-order valence-corrected chi connectivity index (χ2v) is 4.40. The number of carboxylic acids is 1. The van der Waals surface area contributed by atoms with Crippen molar-refractivity contribution in [2.75, 3.05) is 0 Å². The number of hydrogen-bond acceptors (Lipinski definition) is 4. The van der Waals surface area contributed by atoms with E-state index in [9.17, 15) is 19.4 Å². The summed E-state index contributed by atoms with van der Waals surface area (Å²) in [6.07, 6.45) is 0. The molecule has 0 aliphatic carbocycles. The number of phenols is 1. The summed E-state index contributed by atoms with van der Waals surface area (Å²) < 4.78 is 10.9. The topological polar surface area (TPSA) is 97.7 Å². The maximum Gasteiger partial charge on any atom is 0.352 e. The molecule has 17 heavy (non-hydrogen) atoms. The van der Waals surface area contributed by atoms with Crippen LogP contribution in [0.4, 0.5) is 0 Å². The van der Waals surface area contributed by atoms with Gasteiger partial charge in [0.05, 0.1) is 0 Å². The molecule has 0 bridgehead atoms. The molecule has 0 saturated carbocycles. The molecule has 0 aliphatic rings. The highest BCUT2D eigenvalue weighted by Gasteiger charge is 2.24. The monoisotopic (exact) mass is 250 g/mol. The fourth-order valence-corrected chi connectivity index (χ4v) is 2.21. The summed E-state index contributed by atoms with van der Waals surface area (Å²) in [5.74, 6) is -2.08. The summed E-state index contributed by atoms with van der Waals surface area (Å²) in [5, 5.41) is 19.1. The van der Waals surface area contributed by atoms with Crippen molar-refractivity contribution >= 4 is 30.1 Å². The summed E-state index contributed by atoms with van der Waals surface area (Å²) in [6.45, 7) is 0. The van der Waals surface area contributed by atoms with Gasteiger partial charge in [0.1, 0.15) is 5.56 Å². The van der Waals surface area contributed by atoms with Crippen LogP contribution in [0.15, 0.2) is 30.3 Å². The number of carbonyl (C=O) groups is 1. The minimum absolute atomic E-state index is 0.304. The van der Waals surface area contributed by atoms with Gasteiger partial charge in [0, 0.05) is 11.5 Å². The molecule has 0 amide bonds. The van der Waals surface area contributed by atoms with E-state index >= 15 is 0 Å². The predicted molar refractivity (Wildman–Crippen MR) is 59.8 cm³/mol. The van der Waals surface area contributed by atoms with Crippen LogP contribution in [0.3, 0.4) is 0 Å². The fraction of sp³-hybridized carbons (Fsp3) is 0. The van der Waals surface area contributed by atoms with Crippen molar-refractivity contribution in [3.8, 4) is 5.75 Å². The average Bonchev–Trinajstić information content (AvgIpc) is 2.27. The van der Waals surface area contributed by atoms with Gasteiger partial charge in [-0.3, -0.25) is 0 Å². The Labute approximate surface area is 96.8 Å². The molecule has 86 valence electrons. The zero-order chi connectivity index (χ0) is 12.6. The molecule has 1 atom stereocenters. The first kappa shape index (κ1) is 11.5. The summed E-state index contributed by atoms with van der Waals surface area (Å²) in [5.41, 5.74) is -0.391. The van der Waals surface area contributed by atoms with E-state index in [-0.39, 0.29) is 5.30 Å². The molecule has 2 aromatic carbocycles. The van der Waals surface area contributed by atoms with Crippen LogP contribution in [0, 0.1) is 0 Å². The number of fused-ring (bicyclic) bond motifs is 1. The van der Waals surface area contributed by atoms with Gasteiger partial charge >= 0.3 is 14.0 Å². The standard InChI is InChI=1S/C11H7O5P/c12-10-8(17(15)16)5-6-3-1-2-4-7(6)9(10)11(13)14/h1-5,12H,(H,13,14). The summed E-state index contributed by atoms with van der Waals surface area (Å²) in [7, 11) is -3.04. The van der Waals surface area contributed by atoms with Crippen LogP contribution in [0.2, 0.25) is 0 Å². The molecule has 6 heteroatoms. The minimum atomic E-state index is -3.04. The molecule has 0 aromatic heterocycles. The van der Waals surface area contributed by atoms with Gasteiger partial charge in [-0.1, -0.05) is 28.8 Å². The lowest BCUT2D eigenvalue weighted by molar-refractivity contribution is -0.160. The Bertz CT molecular complexity index is 635. The lowest BCUT2D eigenvalue weighted by Crippen LogP contribution is -2.10. The van der Waals surface area contributed by atoms with E-state index in [1.165, 1.54) is 12.1 Å². The van der Waals surface area contributed by atoms with Crippen LogP contribution < -0.4 is 10.2 Å². The number of aromatic hydroxyl groups is 1. The lowest BCUT2D eigenvalue weighted by Gasteiger charge is -2.05. The van der Waals surface area contributed by atoms with E-state index in [0.29, 0.717) is 10.8 Å². The normalized spacial score (nSPS) is 11.5. The predicted octanol–water partition coefficient (Wildman–Crippen LogP) is 0.972. The van der Waals surface area contributed by atoms with Gasteiger partial charge in [-0.15, -0.1) is 0 Å². The van der Waals surface area contributed by atoms with Gasteiger partial charge in [-0.25, -0.2) is 4.79 Å². The largest absolute Gasteiger partial charge is 0.591 e. The average molecular weight is 250 g/mol. The van der Waals surface area contributed by atoms with Crippen molar-refractivity contribution in [2.45, 2.75) is 0 Å². The first-order chi connectivity index (χ1) is 8.02. The molecule has 2 aromatic rings. The van der Waals surface area contributed by atoms with Gasteiger partial charge in [-0.05, 0) is 5.39 Å². The molecule has 0 heterocycles.